The average molecular weight is 325 g/mol. The zero-order valence-electron chi connectivity index (χ0n) is 12.6. The molecule has 0 aliphatic carbocycles. The Morgan fingerprint density at radius 2 is 2.14 bits per heavy atom. The van der Waals surface area contributed by atoms with Crippen molar-refractivity contribution in [3.8, 4) is 5.75 Å². The van der Waals surface area contributed by atoms with Gasteiger partial charge in [0.25, 0.3) is 0 Å². The van der Waals surface area contributed by atoms with Crippen LogP contribution in [0.25, 0.3) is 0 Å². The smallest absolute Gasteiger partial charge is 0.120 e. The summed E-state index contributed by atoms with van der Waals surface area (Å²) < 4.78 is 5.66. The number of benzene rings is 1. The van der Waals surface area contributed by atoms with Crippen LogP contribution in [0.5, 0.6) is 5.75 Å². The van der Waals surface area contributed by atoms with Crippen LogP contribution >= 0.6 is 22.9 Å². The fraction of sp³-hybridized carbons (Fsp3) is 0.438. The SMILES string of the molecule is CC(C)(C)c1csc(CC(N)COc2cccc(Cl)c2)n1. The minimum absolute atomic E-state index is 0.0795. The van der Waals surface area contributed by atoms with Crippen LogP contribution in [0.3, 0.4) is 0 Å². The molecule has 0 spiro atoms. The summed E-state index contributed by atoms with van der Waals surface area (Å²) in [5.74, 6) is 0.743. The van der Waals surface area contributed by atoms with E-state index in [9.17, 15) is 0 Å². The third-order valence-corrected chi connectivity index (χ3v) is 4.12. The van der Waals surface area contributed by atoms with Gasteiger partial charge < -0.3 is 10.5 Å². The zero-order valence-corrected chi connectivity index (χ0v) is 14.2. The van der Waals surface area contributed by atoms with Gasteiger partial charge in [-0.25, -0.2) is 4.98 Å². The van der Waals surface area contributed by atoms with Crippen molar-refractivity contribution in [2.24, 2.45) is 5.73 Å². The molecule has 0 amide bonds. The minimum atomic E-state index is -0.0806. The highest BCUT2D eigenvalue weighted by molar-refractivity contribution is 7.09. The van der Waals surface area contributed by atoms with Gasteiger partial charge in [0.05, 0.1) is 10.7 Å². The van der Waals surface area contributed by atoms with Crippen molar-refractivity contribution in [1.29, 1.82) is 0 Å². The molecule has 0 saturated carbocycles. The highest BCUT2D eigenvalue weighted by Gasteiger charge is 2.18. The summed E-state index contributed by atoms with van der Waals surface area (Å²) in [6, 6.07) is 7.26. The highest BCUT2D eigenvalue weighted by atomic mass is 35.5. The van der Waals surface area contributed by atoms with Crippen LogP contribution in [0.15, 0.2) is 29.6 Å². The molecule has 0 fully saturated rings. The predicted octanol–water partition coefficient (Wildman–Crippen LogP) is 4.04. The van der Waals surface area contributed by atoms with Gasteiger partial charge in [0, 0.05) is 28.3 Å². The average Bonchev–Trinajstić information content (AvgIpc) is 2.85. The number of thiazole rings is 1. The molecule has 21 heavy (non-hydrogen) atoms. The second-order valence-corrected chi connectivity index (χ2v) is 7.49. The zero-order chi connectivity index (χ0) is 15.5. The number of hydrogen-bond donors (Lipinski definition) is 1. The Morgan fingerprint density at radius 1 is 1.38 bits per heavy atom. The lowest BCUT2D eigenvalue weighted by Crippen LogP contribution is -2.30. The van der Waals surface area contributed by atoms with Crippen molar-refractivity contribution in [3.05, 3.63) is 45.4 Å². The first-order chi connectivity index (χ1) is 9.84. The van der Waals surface area contributed by atoms with Gasteiger partial charge in [-0.3, -0.25) is 0 Å². The molecule has 3 nitrogen and oxygen atoms in total. The van der Waals surface area contributed by atoms with E-state index in [0.717, 1.165) is 22.9 Å². The van der Waals surface area contributed by atoms with Crippen LogP contribution in [0.1, 0.15) is 31.5 Å². The molecule has 2 rings (SSSR count). The van der Waals surface area contributed by atoms with Crippen molar-refractivity contribution in [3.63, 3.8) is 0 Å². The molecule has 0 aliphatic heterocycles. The highest BCUT2D eigenvalue weighted by Crippen LogP contribution is 2.24. The minimum Gasteiger partial charge on any atom is -0.492 e. The fourth-order valence-corrected chi connectivity index (χ4v) is 3.09. The molecule has 0 bridgehead atoms. The predicted molar refractivity (Wildman–Crippen MR) is 89.4 cm³/mol. The van der Waals surface area contributed by atoms with E-state index in [4.69, 9.17) is 22.1 Å². The molecule has 0 saturated heterocycles. The van der Waals surface area contributed by atoms with Gasteiger partial charge in [-0.05, 0) is 18.2 Å². The third kappa shape index (κ3) is 4.99. The lowest BCUT2D eigenvalue weighted by Gasteiger charge is -2.15. The molecule has 0 radical (unpaired) electrons. The van der Waals surface area contributed by atoms with E-state index in [0.29, 0.717) is 11.6 Å². The van der Waals surface area contributed by atoms with Crippen LogP contribution in [0.2, 0.25) is 5.02 Å². The maximum Gasteiger partial charge on any atom is 0.120 e. The molecule has 1 heterocycles. The molecule has 2 aromatic rings. The van der Waals surface area contributed by atoms with E-state index >= 15 is 0 Å². The Morgan fingerprint density at radius 3 is 2.76 bits per heavy atom. The van der Waals surface area contributed by atoms with E-state index in [-0.39, 0.29) is 11.5 Å². The maximum absolute atomic E-state index is 6.12. The van der Waals surface area contributed by atoms with E-state index in [1.54, 1.807) is 17.4 Å². The monoisotopic (exact) mass is 324 g/mol. The first-order valence-electron chi connectivity index (χ1n) is 6.93. The van der Waals surface area contributed by atoms with Crippen molar-refractivity contribution in [2.45, 2.75) is 38.6 Å². The quantitative estimate of drug-likeness (QED) is 0.902. The first-order valence-corrected chi connectivity index (χ1v) is 8.19. The number of ether oxygens (including phenoxy) is 1. The fourth-order valence-electron chi connectivity index (χ4n) is 1.79. The van der Waals surface area contributed by atoms with Crippen LogP contribution in [-0.2, 0) is 11.8 Å². The van der Waals surface area contributed by atoms with Gasteiger partial charge in [-0.2, -0.15) is 0 Å². The number of aromatic nitrogens is 1. The molecular formula is C16H21ClN2OS. The standard InChI is InChI=1S/C16H21ClN2OS/c1-16(2,3)14-10-21-15(19-14)8-12(18)9-20-13-6-4-5-11(17)7-13/h4-7,10,12H,8-9,18H2,1-3H3. The van der Waals surface area contributed by atoms with E-state index in [1.165, 1.54) is 0 Å². The van der Waals surface area contributed by atoms with Crippen LogP contribution in [0.4, 0.5) is 0 Å². The van der Waals surface area contributed by atoms with Gasteiger partial charge in [-0.15, -0.1) is 11.3 Å². The first kappa shape index (κ1) is 16.3. The Balaban J connectivity index is 1.87. The molecule has 114 valence electrons. The number of nitrogens with two attached hydrogens (primary N) is 1. The van der Waals surface area contributed by atoms with Gasteiger partial charge in [0.1, 0.15) is 12.4 Å². The van der Waals surface area contributed by atoms with Crippen molar-refractivity contribution in [2.75, 3.05) is 6.61 Å². The molecular weight excluding hydrogens is 304 g/mol. The van der Waals surface area contributed by atoms with E-state index in [2.05, 4.69) is 31.1 Å². The Hall–Kier alpha value is -1.10. The normalized spacial score (nSPS) is 13.2. The summed E-state index contributed by atoms with van der Waals surface area (Å²) in [5, 5.41) is 3.83. The third-order valence-electron chi connectivity index (χ3n) is 3.02. The van der Waals surface area contributed by atoms with Gasteiger partial charge in [0.15, 0.2) is 0 Å². The van der Waals surface area contributed by atoms with Gasteiger partial charge >= 0.3 is 0 Å². The topological polar surface area (TPSA) is 48.1 Å². The summed E-state index contributed by atoms with van der Waals surface area (Å²) in [4.78, 5) is 4.65. The molecule has 0 aliphatic rings. The summed E-state index contributed by atoms with van der Waals surface area (Å²) in [6.45, 7) is 6.93. The maximum atomic E-state index is 6.12. The van der Waals surface area contributed by atoms with Crippen molar-refractivity contribution < 1.29 is 4.74 Å². The van der Waals surface area contributed by atoms with Crippen molar-refractivity contribution >= 4 is 22.9 Å². The van der Waals surface area contributed by atoms with Crippen LogP contribution in [-0.4, -0.2) is 17.6 Å². The second kappa shape index (κ2) is 6.77. The van der Waals surface area contributed by atoms with Gasteiger partial charge in [-0.1, -0.05) is 38.4 Å². The molecule has 1 aromatic carbocycles. The number of nitrogens with zero attached hydrogens (tertiary/aromatic N) is 1. The Labute approximate surface area is 135 Å². The van der Waals surface area contributed by atoms with Crippen molar-refractivity contribution in [1.82, 2.24) is 4.98 Å². The summed E-state index contributed by atoms with van der Waals surface area (Å²) in [7, 11) is 0. The molecule has 1 aromatic heterocycles. The Bertz CT molecular complexity index is 592. The molecule has 1 unspecified atom stereocenters. The van der Waals surface area contributed by atoms with Crippen LogP contribution < -0.4 is 10.5 Å². The number of rotatable bonds is 5. The molecule has 2 N–H and O–H groups in total. The summed E-state index contributed by atoms with van der Waals surface area (Å²) in [5.41, 5.74) is 7.31. The number of halogens is 1. The van der Waals surface area contributed by atoms with E-state index < -0.39 is 0 Å². The lowest BCUT2D eigenvalue weighted by molar-refractivity contribution is 0.287. The second-order valence-electron chi connectivity index (χ2n) is 6.11. The van der Waals surface area contributed by atoms with E-state index in [1.807, 2.05) is 18.2 Å². The Kier molecular flexibility index (Phi) is 5.25. The summed E-state index contributed by atoms with van der Waals surface area (Å²) >= 11 is 7.58. The summed E-state index contributed by atoms with van der Waals surface area (Å²) in [6.07, 6.45) is 0.724. The largest absolute Gasteiger partial charge is 0.492 e. The lowest BCUT2D eigenvalue weighted by atomic mass is 9.93. The van der Waals surface area contributed by atoms with Gasteiger partial charge in [0.2, 0.25) is 0 Å². The number of hydrogen-bond acceptors (Lipinski definition) is 4. The van der Waals surface area contributed by atoms with Crippen LogP contribution in [0, 0.1) is 0 Å². The molecule has 1 atom stereocenters. The molecule has 5 heteroatoms.